The number of hydrogen-bond acceptors (Lipinski definition) is 10. The Hall–Kier alpha value is -3.30. The van der Waals surface area contributed by atoms with Crippen molar-refractivity contribution in [2.24, 2.45) is 0 Å². The van der Waals surface area contributed by atoms with E-state index in [2.05, 4.69) is 25.1 Å². The van der Waals surface area contributed by atoms with Gasteiger partial charge in [-0.15, -0.1) is 0 Å². The molecular weight excluding hydrogens is 306 g/mol. The fourth-order valence-electron chi connectivity index (χ4n) is 1.99. The quantitative estimate of drug-likeness (QED) is 0.735. The number of nitrogens with two attached hydrogens (primary N) is 1. The Morgan fingerprint density at radius 3 is 2.17 bits per heavy atom. The average molecular weight is 319 g/mol. The van der Waals surface area contributed by atoms with Crippen molar-refractivity contribution >= 4 is 5.82 Å². The molecule has 0 bridgehead atoms. The second-order valence-electron chi connectivity index (χ2n) is 4.34. The third-order valence-corrected chi connectivity index (χ3v) is 3.06. The van der Waals surface area contributed by atoms with Crippen LogP contribution < -0.4 is 19.9 Å². The molecule has 10 heteroatoms. The van der Waals surface area contributed by atoms with Gasteiger partial charge in [0.15, 0.2) is 23.0 Å². The van der Waals surface area contributed by atoms with Gasteiger partial charge in [-0.05, 0) is 22.4 Å². The molecule has 0 amide bonds. The Morgan fingerprint density at radius 2 is 1.65 bits per heavy atom. The SMILES string of the molecule is COc1cc(-c2nc(-c3nonc3N)no2)cc(OC)c1OC. The third kappa shape index (κ3) is 2.50. The van der Waals surface area contributed by atoms with Crippen LogP contribution in [0, 0.1) is 0 Å². The number of anilines is 1. The largest absolute Gasteiger partial charge is 0.493 e. The highest BCUT2D eigenvalue weighted by Crippen LogP contribution is 2.41. The van der Waals surface area contributed by atoms with Crippen LogP contribution in [-0.4, -0.2) is 41.8 Å². The van der Waals surface area contributed by atoms with Crippen LogP contribution in [0.5, 0.6) is 17.2 Å². The molecule has 0 aliphatic heterocycles. The molecule has 120 valence electrons. The highest BCUT2D eigenvalue weighted by molar-refractivity contribution is 5.68. The van der Waals surface area contributed by atoms with E-state index in [1.165, 1.54) is 21.3 Å². The lowest BCUT2D eigenvalue weighted by molar-refractivity contribution is 0.310. The topological polar surface area (TPSA) is 132 Å². The van der Waals surface area contributed by atoms with E-state index in [0.29, 0.717) is 22.8 Å². The van der Waals surface area contributed by atoms with Crippen molar-refractivity contribution in [1.29, 1.82) is 0 Å². The number of hydrogen-bond donors (Lipinski definition) is 1. The molecule has 0 fully saturated rings. The molecule has 0 aliphatic rings. The van der Waals surface area contributed by atoms with E-state index in [9.17, 15) is 0 Å². The first-order chi connectivity index (χ1) is 11.2. The van der Waals surface area contributed by atoms with E-state index < -0.39 is 0 Å². The van der Waals surface area contributed by atoms with Crippen LogP contribution in [0.25, 0.3) is 23.0 Å². The van der Waals surface area contributed by atoms with Gasteiger partial charge in [0.1, 0.15) is 0 Å². The monoisotopic (exact) mass is 319 g/mol. The summed E-state index contributed by atoms with van der Waals surface area (Å²) in [5, 5.41) is 10.9. The predicted molar refractivity (Wildman–Crippen MR) is 77.1 cm³/mol. The molecule has 23 heavy (non-hydrogen) atoms. The standard InChI is InChI=1S/C13H13N5O5/c1-19-7-4-6(5-8(20-2)10(7)21-3)13-15-12(18-22-13)9-11(14)17-23-16-9/h4-5H,1-3H3,(H2,14,17). The zero-order valence-corrected chi connectivity index (χ0v) is 12.6. The van der Waals surface area contributed by atoms with Gasteiger partial charge in [-0.2, -0.15) is 4.98 Å². The lowest BCUT2D eigenvalue weighted by Crippen LogP contribution is -1.95. The predicted octanol–water partition coefficient (Wildman–Crippen LogP) is 1.39. The van der Waals surface area contributed by atoms with E-state index in [-0.39, 0.29) is 23.2 Å². The fraction of sp³-hybridized carbons (Fsp3) is 0.231. The molecule has 0 saturated heterocycles. The maximum atomic E-state index is 5.60. The molecule has 0 aliphatic carbocycles. The van der Waals surface area contributed by atoms with Gasteiger partial charge in [-0.3, -0.25) is 0 Å². The first-order valence-electron chi connectivity index (χ1n) is 6.40. The summed E-state index contributed by atoms with van der Waals surface area (Å²) in [5.41, 5.74) is 6.38. The molecule has 3 rings (SSSR count). The van der Waals surface area contributed by atoms with E-state index in [4.69, 9.17) is 24.5 Å². The number of nitrogen functional groups attached to an aromatic ring is 1. The van der Waals surface area contributed by atoms with Crippen molar-refractivity contribution in [2.45, 2.75) is 0 Å². The maximum absolute atomic E-state index is 5.60. The van der Waals surface area contributed by atoms with Crippen LogP contribution in [0.1, 0.15) is 0 Å². The number of aromatic nitrogens is 4. The fourth-order valence-corrected chi connectivity index (χ4v) is 1.99. The normalized spacial score (nSPS) is 10.6. The maximum Gasteiger partial charge on any atom is 0.258 e. The van der Waals surface area contributed by atoms with Gasteiger partial charge in [-0.1, -0.05) is 5.16 Å². The summed E-state index contributed by atoms with van der Waals surface area (Å²) < 4.78 is 25.6. The van der Waals surface area contributed by atoms with Gasteiger partial charge in [0.2, 0.25) is 11.6 Å². The summed E-state index contributed by atoms with van der Waals surface area (Å²) in [7, 11) is 4.55. The number of benzene rings is 1. The minimum absolute atomic E-state index is 0.0715. The lowest BCUT2D eigenvalue weighted by Gasteiger charge is -2.12. The van der Waals surface area contributed by atoms with Gasteiger partial charge in [0.05, 0.1) is 21.3 Å². The molecule has 3 aromatic rings. The Labute approximate surface area is 130 Å². The molecule has 1 aromatic carbocycles. The summed E-state index contributed by atoms with van der Waals surface area (Å²) in [5.74, 6) is 1.84. The van der Waals surface area contributed by atoms with E-state index in [0.717, 1.165) is 0 Å². The van der Waals surface area contributed by atoms with Crippen LogP contribution in [0.2, 0.25) is 0 Å². The molecule has 10 nitrogen and oxygen atoms in total. The average Bonchev–Trinajstić information content (AvgIpc) is 3.21. The Balaban J connectivity index is 2.06. The smallest absolute Gasteiger partial charge is 0.258 e. The number of methoxy groups -OCH3 is 3. The molecule has 0 saturated carbocycles. The second-order valence-corrected chi connectivity index (χ2v) is 4.34. The number of ether oxygens (including phenoxy) is 3. The molecule has 0 unspecified atom stereocenters. The van der Waals surface area contributed by atoms with Gasteiger partial charge >= 0.3 is 0 Å². The molecule has 0 spiro atoms. The van der Waals surface area contributed by atoms with Crippen molar-refractivity contribution in [3.8, 4) is 40.2 Å². The third-order valence-electron chi connectivity index (χ3n) is 3.06. The highest BCUT2D eigenvalue weighted by atomic mass is 16.6. The van der Waals surface area contributed by atoms with E-state index >= 15 is 0 Å². The molecule has 2 heterocycles. The van der Waals surface area contributed by atoms with Crippen LogP contribution in [0.4, 0.5) is 5.82 Å². The second kappa shape index (κ2) is 5.83. The van der Waals surface area contributed by atoms with Crippen molar-refractivity contribution in [1.82, 2.24) is 20.5 Å². The Kier molecular flexibility index (Phi) is 3.71. The van der Waals surface area contributed by atoms with Gasteiger partial charge in [0.25, 0.3) is 5.89 Å². The van der Waals surface area contributed by atoms with E-state index in [1.54, 1.807) is 12.1 Å². The Morgan fingerprint density at radius 1 is 0.957 bits per heavy atom. The van der Waals surface area contributed by atoms with Crippen molar-refractivity contribution in [2.75, 3.05) is 27.1 Å². The summed E-state index contributed by atoms with van der Waals surface area (Å²) in [6, 6.07) is 3.37. The summed E-state index contributed by atoms with van der Waals surface area (Å²) in [4.78, 5) is 4.22. The zero-order valence-electron chi connectivity index (χ0n) is 12.6. The molecular formula is C13H13N5O5. The minimum atomic E-state index is 0.0715. The summed E-state index contributed by atoms with van der Waals surface area (Å²) >= 11 is 0. The highest BCUT2D eigenvalue weighted by Gasteiger charge is 2.20. The van der Waals surface area contributed by atoms with Crippen LogP contribution >= 0.6 is 0 Å². The van der Waals surface area contributed by atoms with Crippen molar-refractivity contribution < 1.29 is 23.4 Å². The molecule has 2 aromatic heterocycles. The Bertz CT molecular complexity index is 803. The van der Waals surface area contributed by atoms with Gasteiger partial charge in [-0.25, -0.2) is 4.63 Å². The lowest BCUT2D eigenvalue weighted by atomic mass is 10.2. The first-order valence-corrected chi connectivity index (χ1v) is 6.40. The summed E-state index contributed by atoms with van der Waals surface area (Å²) in [6.07, 6.45) is 0. The summed E-state index contributed by atoms with van der Waals surface area (Å²) in [6.45, 7) is 0. The zero-order chi connectivity index (χ0) is 16.4. The first kappa shape index (κ1) is 14.6. The van der Waals surface area contributed by atoms with Crippen LogP contribution in [0.3, 0.4) is 0 Å². The molecule has 2 N–H and O–H groups in total. The number of nitrogens with zero attached hydrogens (tertiary/aromatic N) is 4. The molecule has 0 atom stereocenters. The van der Waals surface area contributed by atoms with Crippen LogP contribution in [0.15, 0.2) is 21.3 Å². The van der Waals surface area contributed by atoms with Gasteiger partial charge < -0.3 is 24.5 Å². The van der Waals surface area contributed by atoms with Crippen molar-refractivity contribution in [3.05, 3.63) is 12.1 Å². The van der Waals surface area contributed by atoms with E-state index in [1.807, 2.05) is 0 Å². The van der Waals surface area contributed by atoms with Crippen LogP contribution in [-0.2, 0) is 0 Å². The van der Waals surface area contributed by atoms with Crippen molar-refractivity contribution in [3.63, 3.8) is 0 Å². The molecule has 0 radical (unpaired) electrons. The number of rotatable bonds is 5. The minimum Gasteiger partial charge on any atom is -0.493 e. The van der Waals surface area contributed by atoms with Gasteiger partial charge in [0, 0.05) is 5.56 Å².